The van der Waals surface area contributed by atoms with Gasteiger partial charge in [-0.1, -0.05) is 6.92 Å². The highest BCUT2D eigenvalue weighted by atomic mass is 16.4. The third-order valence-electron chi connectivity index (χ3n) is 2.03. The standard InChI is InChI=1S/C9H14N2O2/c1-3-11-8(4-5-10-11)7(2)6-9(12)13/h4-5,7H,3,6H2,1-2H3,(H,12,13). The van der Waals surface area contributed by atoms with Gasteiger partial charge in [-0.3, -0.25) is 9.48 Å². The maximum atomic E-state index is 10.5. The number of rotatable bonds is 4. The molecule has 0 spiro atoms. The minimum absolute atomic E-state index is 0.0277. The summed E-state index contributed by atoms with van der Waals surface area (Å²) >= 11 is 0. The van der Waals surface area contributed by atoms with E-state index in [0.717, 1.165) is 12.2 Å². The Morgan fingerprint density at radius 3 is 3.00 bits per heavy atom. The van der Waals surface area contributed by atoms with E-state index >= 15 is 0 Å². The quantitative estimate of drug-likeness (QED) is 0.767. The van der Waals surface area contributed by atoms with Gasteiger partial charge in [0.25, 0.3) is 0 Å². The van der Waals surface area contributed by atoms with Crippen molar-refractivity contribution in [2.75, 3.05) is 0 Å². The van der Waals surface area contributed by atoms with Gasteiger partial charge in [0.1, 0.15) is 0 Å². The molecule has 0 saturated heterocycles. The van der Waals surface area contributed by atoms with Gasteiger partial charge in [0.15, 0.2) is 0 Å². The lowest BCUT2D eigenvalue weighted by atomic mass is 10.0. The van der Waals surface area contributed by atoms with Crippen molar-refractivity contribution in [3.05, 3.63) is 18.0 Å². The molecule has 1 atom stereocenters. The van der Waals surface area contributed by atoms with Crippen molar-refractivity contribution in [1.82, 2.24) is 9.78 Å². The van der Waals surface area contributed by atoms with Crippen LogP contribution in [0.3, 0.4) is 0 Å². The van der Waals surface area contributed by atoms with Crippen molar-refractivity contribution in [3.63, 3.8) is 0 Å². The first kappa shape index (κ1) is 9.77. The normalized spacial score (nSPS) is 12.8. The van der Waals surface area contributed by atoms with E-state index in [9.17, 15) is 4.79 Å². The Labute approximate surface area is 77.2 Å². The highest BCUT2D eigenvalue weighted by molar-refractivity contribution is 5.67. The number of aromatic nitrogens is 2. The van der Waals surface area contributed by atoms with Crippen LogP contribution in [0.2, 0.25) is 0 Å². The number of carboxylic acid groups (broad SMARTS) is 1. The van der Waals surface area contributed by atoms with Gasteiger partial charge in [0.2, 0.25) is 0 Å². The third-order valence-corrected chi connectivity index (χ3v) is 2.03. The minimum atomic E-state index is -0.767. The van der Waals surface area contributed by atoms with Gasteiger partial charge in [-0.05, 0) is 13.0 Å². The molecule has 0 aliphatic carbocycles. The van der Waals surface area contributed by atoms with E-state index in [2.05, 4.69) is 5.10 Å². The SMILES string of the molecule is CCn1nccc1C(C)CC(=O)O. The molecule has 0 aliphatic rings. The fourth-order valence-corrected chi connectivity index (χ4v) is 1.39. The van der Waals surface area contributed by atoms with Crippen LogP contribution in [0.1, 0.15) is 31.9 Å². The van der Waals surface area contributed by atoms with Crippen LogP contribution in [0.4, 0.5) is 0 Å². The van der Waals surface area contributed by atoms with Crippen LogP contribution >= 0.6 is 0 Å². The van der Waals surface area contributed by atoms with E-state index in [1.165, 1.54) is 0 Å². The summed E-state index contributed by atoms with van der Waals surface area (Å²) in [6.07, 6.45) is 1.86. The second-order valence-corrected chi connectivity index (χ2v) is 3.07. The highest BCUT2D eigenvalue weighted by Gasteiger charge is 2.13. The topological polar surface area (TPSA) is 55.1 Å². The molecule has 0 saturated carbocycles. The molecule has 0 bridgehead atoms. The van der Waals surface area contributed by atoms with Crippen molar-refractivity contribution in [1.29, 1.82) is 0 Å². The van der Waals surface area contributed by atoms with E-state index in [4.69, 9.17) is 5.11 Å². The molecule has 1 rings (SSSR count). The second-order valence-electron chi connectivity index (χ2n) is 3.07. The molecule has 1 heterocycles. The molecule has 1 unspecified atom stereocenters. The zero-order valence-corrected chi connectivity index (χ0v) is 7.90. The fraction of sp³-hybridized carbons (Fsp3) is 0.556. The maximum absolute atomic E-state index is 10.5. The average Bonchev–Trinajstić information content (AvgIpc) is 2.49. The third kappa shape index (κ3) is 2.31. The smallest absolute Gasteiger partial charge is 0.304 e. The van der Waals surface area contributed by atoms with Crippen LogP contribution in [0, 0.1) is 0 Å². The van der Waals surface area contributed by atoms with Crippen molar-refractivity contribution in [2.24, 2.45) is 0 Å². The summed E-state index contributed by atoms with van der Waals surface area (Å²) < 4.78 is 1.83. The van der Waals surface area contributed by atoms with E-state index < -0.39 is 5.97 Å². The number of hydrogen-bond donors (Lipinski definition) is 1. The van der Waals surface area contributed by atoms with Crippen molar-refractivity contribution in [2.45, 2.75) is 32.7 Å². The van der Waals surface area contributed by atoms with Gasteiger partial charge in [-0.25, -0.2) is 0 Å². The number of carboxylic acids is 1. The van der Waals surface area contributed by atoms with Gasteiger partial charge in [-0.15, -0.1) is 0 Å². The number of aryl methyl sites for hydroxylation is 1. The summed E-state index contributed by atoms with van der Waals surface area (Å²) in [6.45, 7) is 4.67. The molecule has 0 aromatic carbocycles. The van der Waals surface area contributed by atoms with Crippen LogP contribution in [0.5, 0.6) is 0 Å². The molecule has 0 amide bonds. The Balaban J connectivity index is 2.75. The first-order chi connectivity index (χ1) is 6.15. The largest absolute Gasteiger partial charge is 0.481 e. The van der Waals surface area contributed by atoms with Crippen molar-refractivity contribution < 1.29 is 9.90 Å². The lowest BCUT2D eigenvalue weighted by Crippen LogP contribution is -2.09. The molecule has 1 aromatic heterocycles. The van der Waals surface area contributed by atoms with E-state index in [1.54, 1.807) is 6.20 Å². The molecule has 13 heavy (non-hydrogen) atoms. The predicted molar refractivity (Wildman–Crippen MR) is 48.6 cm³/mol. The van der Waals surface area contributed by atoms with Crippen LogP contribution in [-0.4, -0.2) is 20.9 Å². The molecule has 72 valence electrons. The summed E-state index contributed by atoms with van der Waals surface area (Å²) in [5, 5.41) is 12.7. The molecule has 1 N–H and O–H groups in total. The first-order valence-corrected chi connectivity index (χ1v) is 4.38. The predicted octanol–water partition coefficient (Wildman–Crippen LogP) is 1.48. The molecule has 4 nitrogen and oxygen atoms in total. The fourth-order valence-electron chi connectivity index (χ4n) is 1.39. The lowest BCUT2D eigenvalue weighted by molar-refractivity contribution is -0.137. The Kier molecular flexibility index (Phi) is 3.06. The van der Waals surface area contributed by atoms with Crippen molar-refractivity contribution >= 4 is 5.97 Å². The molecule has 1 aromatic rings. The summed E-state index contributed by atoms with van der Waals surface area (Å²) in [5.41, 5.74) is 0.991. The Hall–Kier alpha value is -1.32. The number of carbonyl (C=O) groups is 1. The van der Waals surface area contributed by atoms with E-state index in [0.29, 0.717) is 0 Å². The molecular weight excluding hydrogens is 168 g/mol. The zero-order valence-electron chi connectivity index (χ0n) is 7.90. The maximum Gasteiger partial charge on any atom is 0.304 e. The lowest BCUT2D eigenvalue weighted by Gasteiger charge is -2.10. The zero-order chi connectivity index (χ0) is 9.84. The van der Waals surface area contributed by atoms with Gasteiger partial charge in [-0.2, -0.15) is 5.10 Å². The van der Waals surface area contributed by atoms with Gasteiger partial charge in [0.05, 0.1) is 6.42 Å². The Morgan fingerprint density at radius 2 is 2.46 bits per heavy atom. The highest BCUT2D eigenvalue weighted by Crippen LogP contribution is 2.17. The van der Waals surface area contributed by atoms with E-state index in [-0.39, 0.29) is 12.3 Å². The van der Waals surface area contributed by atoms with Crippen LogP contribution < -0.4 is 0 Å². The summed E-state index contributed by atoms with van der Waals surface area (Å²) in [7, 11) is 0. The molecule has 0 aliphatic heterocycles. The van der Waals surface area contributed by atoms with Crippen molar-refractivity contribution in [3.8, 4) is 0 Å². The molecule has 4 heteroatoms. The Morgan fingerprint density at radius 1 is 1.77 bits per heavy atom. The molecule has 0 radical (unpaired) electrons. The minimum Gasteiger partial charge on any atom is -0.481 e. The van der Waals surface area contributed by atoms with Gasteiger partial charge in [0, 0.05) is 24.4 Å². The summed E-state index contributed by atoms with van der Waals surface area (Å²) in [6, 6.07) is 1.87. The second kappa shape index (κ2) is 4.07. The van der Waals surface area contributed by atoms with Crippen LogP contribution in [0.15, 0.2) is 12.3 Å². The first-order valence-electron chi connectivity index (χ1n) is 4.38. The summed E-state index contributed by atoms with van der Waals surface area (Å²) in [5.74, 6) is -0.740. The molecule has 0 fully saturated rings. The number of nitrogens with zero attached hydrogens (tertiary/aromatic N) is 2. The van der Waals surface area contributed by atoms with Gasteiger partial charge >= 0.3 is 5.97 Å². The van der Waals surface area contributed by atoms with Crippen LogP contribution in [-0.2, 0) is 11.3 Å². The van der Waals surface area contributed by atoms with E-state index in [1.807, 2.05) is 24.6 Å². The van der Waals surface area contributed by atoms with Crippen LogP contribution in [0.25, 0.3) is 0 Å². The molecular formula is C9H14N2O2. The number of hydrogen-bond acceptors (Lipinski definition) is 2. The number of aliphatic carboxylic acids is 1. The van der Waals surface area contributed by atoms with Gasteiger partial charge < -0.3 is 5.11 Å². The average molecular weight is 182 g/mol. The monoisotopic (exact) mass is 182 g/mol. The Bertz CT molecular complexity index is 294. The summed E-state index contributed by atoms with van der Waals surface area (Å²) in [4.78, 5) is 10.5.